The molecule has 1 aliphatic heterocycles. The van der Waals surface area contributed by atoms with Crippen molar-refractivity contribution in [2.24, 2.45) is 5.92 Å². The Morgan fingerprint density at radius 1 is 1.59 bits per heavy atom. The molecule has 0 bridgehead atoms. The lowest BCUT2D eigenvalue weighted by Crippen LogP contribution is -2.29. The van der Waals surface area contributed by atoms with Crippen molar-refractivity contribution >= 4 is 27.3 Å². The van der Waals surface area contributed by atoms with Crippen LogP contribution in [0.4, 0.5) is 0 Å². The van der Waals surface area contributed by atoms with E-state index in [1.54, 1.807) is 0 Å². The molecule has 0 aliphatic carbocycles. The highest BCUT2D eigenvalue weighted by Gasteiger charge is 2.34. The Kier molecular flexibility index (Phi) is 5.03. The standard InChI is InChI=1S/C13H21BrN2S/c1-3-5-16-6-4-10(8-15-2)13(16)12-7-11(14)9-17-12/h7,9-10,13,15H,3-6,8H2,1-2H3. The number of thiophene rings is 1. The maximum Gasteiger partial charge on any atom is 0.0482 e. The van der Waals surface area contributed by atoms with E-state index in [2.05, 4.69) is 51.6 Å². The van der Waals surface area contributed by atoms with E-state index in [1.165, 1.54) is 35.3 Å². The molecular weight excluding hydrogens is 296 g/mol. The molecule has 2 heterocycles. The summed E-state index contributed by atoms with van der Waals surface area (Å²) in [7, 11) is 2.06. The Hall–Kier alpha value is 0.1000. The normalized spacial score (nSPS) is 25.6. The number of halogens is 1. The highest BCUT2D eigenvalue weighted by atomic mass is 79.9. The zero-order valence-electron chi connectivity index (χ0n) is 10.6. The fraction of sp³-hybridized carbons (Fsp3) is 0.692. The molecule has 1 aliphatic rings. The molecule has 1 N–H and O–H groups in total. The van der Waals surface area contributed by atoms with Crippen molar-refractivity contribution in [3.05, 3.63) is 20.8 Å². The van der Waals surface area contributed by atoms with Gasteiger partial charge in [0.15, 0.2) is 0 Å². The molecule has 0 radical (unpaired) electrons. The predicted molar refractivity (Wildman–Crippen MR) is 78.7 cm³/mol. The highest BCUT2D eigenvalue weighted by molar-refractivity contribution is 9.10. The summed E-state index contributed by atoms with van der Waals surface area (Å²) >= 11 is 5.46. The summed E-state index contributed by atoms with van der Waals surface area (Å²) in [6, 6.07) is 2.92. The summed E-state index contributed by atoms with van der Waals surface area (Å²) < 4.78 is 1.23. The summed E-state index contributed by atoms with van der Waals surface area (Å²) in [6.45, 7) is 5.87. The second kappa shape index (κ2) is 6.32. The van der Waals surface area contributed by atoms with Gasteiger partial charge in [-0.05, 0) is 67.4 Å². The summed E-state index contributed by atoms with van der Waals surface area (Å²) in [5.41, 5.74) is 0. The fourth-order valence-corrected chi connectivity index (χ4v) is 4.51. The average molecular weight is 317 g/mol. The first-order valence-corrected chi connectivity index (χ1v) is 8.06. The number of hydrogen-bond acceptors (Lipinski definition) is 3. The summed E-state index contributed by atoms with van der Waals surface area (Å²) in [5, 5.41) is 5.55. The van der Waals surface area contributed by atoms with E-state index in [0.29, 0.717) is 6.04 Å². The van der Waals surface area contributed by atoms with Crippen LogP contribution in [0, 0.1) is 5.92 Å². The number of likely N-dealkylation sites (tertiary alicyclic amines) is 1. The second-order valence-corrected chi connectivity index (χ2v) is 6.61. The smallest absolute Gasteiger partial charge is 0.0482 e. The van der Waals surface area contributed by atoms with Crippen LogP contribution in [-0.4, -0.2) is 31.6 Å². The molecule has 96 valence electrons. The van der Waals surface area contributed by atoms with E-state index < -0.39 is 0 Å². The predicted octanol–water partition coefficient (Wildman–Crippen LogP) is 3.50. The third-order valence-electron chi connectivity index (χ3n) is 3.48. The third kappa shape index (κ3) is 3.11. The molecule has 0 spiro atoms. The lowest BCUT2D eigenvalue weighted by Gasteiger charge is -2.27. The summed E-state index contributed by atoms with van der Waals surface area (Å²) in [5.74, 6) is 0.761. The van der Waals surface area contributed by atoms with Gasteiger partial charge in [0.25, 0.3) is 0 Å². The molecule has 1 saturated heterocycles. The third-order valence-corrected chi connectivity index (χ3v) is 5.25. The van der Waals surface area contributed by atoms with Crippen LogP contribution in [0.5, 0.6) is 0 Å². The Morgan fingerprint density at radius 2 is 2.41 bits per heavy atom. The van der Waals surface area contributed by atoms with Crippen LogP contribution < -0.4 is 5.32 Å². The molecule has 0 saturated carbocycles. The molecule has 0 aromatic carbocycles. The van der Waals surface area contributed by atoms with Gasteiger partial charge in [0, 0.05) is 20.8 Å². The molecule has 2 atom stereocenters. The largest absolute Gasteiger partial charge is 0.319 e. The van der Waals surface area contributed by atoms with E-state index in [-0.39, 0.29) is 0 Å². The minimum absolute atomic E-state index is 0.624. The van der Waals surface area contributed by atoms with Crippen LogP contribution in [0.1, 0.15) is 30.7 Å². The quantitative estimate of drug-likeness (QED) is 0.894. The van der Waals surface area contributed by atoms with Crippen molar-refractivity contribution in [3.8, 4) is 0 Å². The number of rotatable bonds is 5. The molecular formula is C13H21BrN2S. The van der Waals surface area contributed by atoms with Crippen LogP contribution in [0.3, 0.4) is 0 Å². The van der Waals surface area contributed by atoms with E-state index in [0.717, 1.165) is 12.5 Å². The first-order chi connectivity index (χ1) is 8.26. The van der Waals surface area contributed by atoms with Gasteiger partial charge < -0.3 is 5.32 Å². The zero-order valence-corrected chi connectivity index (χ0v) is 13.0. The van der Waals surface area contributed by atoms with E-state index in [9.17, 15) is 0 Å². The molecule has 0 amide bonds. The monoisotopic (exact) mass is 316 g/mol. The van der Waals surface area contributed by atoms with Crippen LogP contribution in [-0.2, 0) is 0 Å². The second-order valence-electron chi connectivity index (χ2n) is 4.75. The van der Waals surface area contributed by atoms with Crippen molar-refractivity contribution < 1.29 is 0 Å². The van der Waals surface area contributed by atoms with Gasteiger partial charge in [0.05, 0.1) is 0 Å². The average Bonchev–Trinajstić information content (AvgIpc) is 2.87. The van der Waals surface area contributed by atoms with Gasteiger partial charge in [-0.1, -0.05) is 6.92 Å². The lowest BCUT2D eigenvalue weighted by atomic mass is 9.99. The van der Waals surface area contributed by atoms with Crippen LogP contribution >= 0.6 is 27.3 Å². The molecule has 1 aromatic heterocycles. The first-order valence-electron chi connectivity index (χ1n) is 6.38. The topological polar surface area (TPSA) is 15.3 Å². The fourth-order valence-electron chi connectivity index (χ4n) is 2.84. The number of nitrogens with zero attached hydrogens (tertiary/aromatic N) is 1. The Labute approximate surface area is 117 Å². The van der Waals surface area contributed by atoms with Gasteiger partial charge >= 0.3 is 0 Å². The van der Waals surface area contributed by atoms with Crippen molar-refractivity contribution in [2.75, 3.05) is 26.7 Å². The van der Waals surface area contributed by atoms with Gasteiger partial charge in [-0.2, -0.15) is 0 Å². The van der Waals surface area contributed by atoms with E-state index >= 15 is 0 Å². The van der Waals surface area contributed by atoms with Gasteiger partial charge in [-0.3, -0.25) is 4.90 Å². The molecule has 4 heteroatoms. The maximum absolute atomic E-state index is 3.57. The van der Waals surface area contributed by atoms with Crippen molar-refractivity contribution in [1.82, 2.24) is 10.2 Å². The Balaban J connectivity index is 2.16. The highest BCUT2D eigenvalue weighted by Crippen LogP contribution is 2.40. The Morgan fingerprint density at radius 3 is 3.00 bits per heavy atom. The maximum atomic E-state index is 3.57. The molecule has 2 rings (SSSR count). The van der Waals surface area contributed by atoms with Gasteiger partial charge in [0.2, 0.25) is 0 Å². The van der Waals surface area contributed by atoms with Gasteiger partial charge in [-0.15, -0.1) is 11.3 Å². The van der Waals surface area contributed by atoms with Crippen molar-refractivity contribution in [3.63, 3.8) is 0 Å². The number of nitrogens with one attached hydrogen (secondary N) is 1. The SMILES string of the molecule is CCCN1CCC(CNC)C1c1cc(Br)cs1. The molecule has 1 aromatic rings. The lowest BCUT2D eigenvalue weighted by molar-refractivity contribution is 0.231. The van der Waals surface area contributed by atoms with Gasteiger partial charge in [-0.25, -0.2) is 0 Å². The number of hydrogen-bond donors (Lipinski definition) is 1. The minimum Gasteiger partial charge on any atom is -0.319 e. The van der Waals surface area contributed by atoms with Gasteiger partial charge in [0.1, 0.15) is 0 Å². The van der Waals surface area contributed by atoms with Crippen LogP contribution in [0.15, 0.2) is 15.9 Å². The molecule has 17 heavy (non-hydrogen) atoms. The Bertz CT molecular complexity index is 339. The van der Waals surface area contributed by atoms with E-state index in [1.807, 2.05) is 11.3 Å². The van der Waals surface area contributed by atoms with E-state index in [4.69, 9.17) is 0 Å². The van der Waals surface area contributed by atoms with Crippen molar-refractivity contribution in [2.45, 2.75) is 25.8 Å². The summed E-state index contributed by atoms with van der Waals surface area (Å²) in [6.07, 6.45) is 2.57. The van der Waals surface area contributed by atoms with Crippen LogP contribution in [0.25, 0.3) is 0 Å². The first kappa shape index (κ1) is 13.5. The molecule has 2 nitrogen and oxygen atoms in total. The zero-order chi connectivity index (χ0) is 12.3. The molecule has 1 fully saturated rings. The van der Waals surface area contributed by atoms with Crippen molar-refractivity contribution in [1.29, 1.82) is 0 Å². The summed E-state index contributed by atoms with van der Waals surface area (Å²) in [4.78, 5) is 4.17. The molecule has 2 unspecified atom stereocenters. The minimum atomic E-state index is 0.624. The van der Waals surface area contributed by atoms with Crippen LogP contribution in [0.2, 0.25) is 0 Å².